The first-order chi connectivity index (χ1) is 5.36. The van der Waals surface area contributed by atoms with Gasteiger partial charge in [-0.05, 0) is 13.5 Å². The number of hydrogen-bond donors (Lipinski definition) is 1. The van der Waals surface area contributed by atoms with Crippen molar-refractivity contribution in [2.75, 3.05) is 7.05 Å². The van der Waals surface area contributed by atoms with Gasteiger partial charge in [0.2, 0.25) is 0 Å². The lowest BCUT2D eigenvalue weighted by molar-refractivity contribution is 0.787. The van der Waals surface area contributed by atoms with Crippen molar-refractivity contribution in [2.24, 2.45) is 0 Å². The summed E-state index contributed by atoms with van der Waals surface area (Å²) in [6.45, 7) is 2.99. The van der Waals surface area contributed by atoms with E-state index in [2.05, 4.69) is 22.4 Å². The average molecular weight is 171 g/mol. The Kier molecular flexibility index (Phi) is 3.45. The van der Waals surface area contributed by atoms with Crippen molar-refractivity contribution >= 4 is 11.3 Å². The molecule has 0 atom stereocenters. The van der Waals surface area contributed by atoms with Crippen LogP contribution in [0.4, 0.5) is 0 Å². The molecule has 0 unspecified atom stereocenters. The molecule has 0 amide bonds. The Morgan fingerprint density at radius 2 is 2.09 bits per heavy atom. The van der Waals surface area contributed by atoms with Gasteiger partial charge in [-0.15, -0.1) is 21.5 Å². The second-order valence-corrected chi connectivity index (χ2v) is 3.52. The Bertz CT molecular complexity index is 189. The molecule has 1 heterocycles. The summed E-state index contributed by atoms with van der Waals surface area (Å²) < 4.78 is 0. The highest BCUT2D eigenvalue weighted by Gasteiger charge is 2.00. The molecule has 0 radical (unpaired) electrons. The molecule has 0 aliphatic carbocycles. The maximum absolute atomic E-state index is 4.05. The minimum Gasteiger partial charge on any atom is -0.313 e. The normalized spacial score (nSPS) is 10.4. The van der Waals surface area contributed by atoms with E-state index in [9.17, 15) is 0 Å². The van der Waals surface area contributed by atoms with E-state index in [1.807, 2.05) is 7.05 Å². The summed E-state index contributed by atoms with van der Waals surface area (Å²) >= 11 is 1.70. The summed E-state index contributed by atoms with van der Waals surface area (Å²) in [5.41, 5.74) is 0. The minimum absolute atomic E-state index is 0.835. The van der Waals surface area contributed by atoms with Crippen LogP contribution >= 0.6 is 11.3 Å². The molecule has 0 saturated heterocycles. The van der Waals surface area contributed by atoms with Crippen molar-refractivity contribution < 1.29 is 0 Å². The average Bonchev–Trinajstić information content (AvgIpc) is 2.38. The van der Waals surface area contributed by atoms with Crippen molar-refractivity contribution in [1.82, 2.24) is 15.5 Å². The molecular formula is C7H13N3S. The lowest BCUT2D eigenvalue weighted by Gasteiger charge is -1.88. The van der Waals surface area contributed by atoms with E-state index in [4.69, 9.17) is 0 Å². The van der Waals surface area contributed by atoms with E-state index in [0.717, 1.165) is 29.4 Å². The van der Waals surface area contributed by atoms with E-state index in [1.54, 1.807) is 11.3 Å². The van der Waals surface area contributed by atoms with Crippen molar-refractivity contribution in [3.63, 3.8) is 0 Å². The Labute approximate surface area is 70.9 Å². The van der Waals surface area contributed by atoms with Crippen molar-refractivity contribution in [3.05, 3.63) is 10.0 Å². The molecule has 0 aliphatic rings. The van der Waals surface area contributed by atoms with Crippen LogP contribution in [0.15, 0.2) is 0 Å². The van der Waals surface area contributed by atoms with Gasteiger partial charge in [0.1, 0.15) is 10.0 Å². The number of rotatable bonds is 4. The second-order valence-electron chi connectivity index (χ2n) is 2.37. The van der Waals surface area contributed by atoms with Gasteiger partial charge in [-0.1, -0.05) is 6.92 Å². The first-order valence-electron chi connectivity index (χ1n) is 3.82. The fraction of sp³-hybridized carbons (Fsp3) is 0.714. The van der Waals surface area contributed by atoms with Crippen molar-refractivity contribution in [1.29, 1.82) is 0 Å². The van der Waals surface area contributed by atoms with Crippen LogP contribution in [-0.4, -0.2) is 17.2 Å². The van der Waals surface area contributed by atoms with E-state index in [0.29, 0.717) is 0 Å². The van der Waals surface area contributed by atoms with Crippen LogP contribution in [0.25, 0.3) is 0 Å². The zero-order valence-corrected chi connectivity index (χ0v) is 7.74. The Hall–Kier alpha value is -0.480. The highest BCUT2D eigenvalue weighted by atomic mass is 32.1. The van der Waals surface area contributed by atoms with Crippen molar-refractivity contribution in [3.8, 4) is 0 Å². The minimum atomic E-state index is 0.835. The van der Waals surface area contributed by atoms with Gasteiger partial charge in [-0.25, -0.2) is 0 Å². The van der Waals surface area contributed by atoms with Crippen LogP contribution in [0.1, 0.15) is 23.4 Å². The van der Waals surface area contributed by atoms with Crippen LogP contribution in [0.3, 0.4) is 0 Å². The summed E-state index contributed by atoms with van der Waals surface area (Å²) in [6, 6.07) is 0. The van der Waals surface area contributed by atoms with Gasteiger partial charge in [-0.2, -0.15) is 0 Å². The number of aryl methyl sites for hydroxylation is 1. The number of nitrogens with one attached hydrogen (secondary N) is 1. The number of aromatic nitrogens is 2. The zero-order valence-electron chi connectivity index (χ0n) is 6.92. The molecule has 1 rings (SSSR count). The van der Waals surface area contributed by atoms with E-state index >= 15 is 0 Å². The molecule has 0 saturated carbocycles. The third-order valence-corrected chi connectivity index (χ3v) is 2.28. The number of hydrogen-bond acceptors (Lipinski definition) is 4. The van der Waals surface area contributed by atoms with Gasteiger partial charge in [0, 0.05) is 13.0 Å². The fourth-order valence-electron chi connectivity index (χ4n) is 0.826. The summed E-state index contributed by atoms with van der Waals surface area (Å²) in [5.74, 6) is 0. The van der Waals surface area contributed by atoms with E-state index < -0.39 is 0 Å². The maximum Gasteiger partial charge on any atom is 0.131 e. The maximum atomic E-state index is 4.05. The molecule has 3 nitrogen and oxygen atoms in total. The predicted octanol–water partition coefficient (Wildman–Crippen LogP) is 1.21. The van der Waals surface area contributed by atoms with Gasteiger partial charge in [0.05, 0.1) is 0 Å². The smallest absolute Gasteiger partial charge is 0.131 e. The van der Waals surface area contributed by atoms with Crippen LogP contribution in [0.2, 0.25) is 0 Å². The molecule has 1 aromatic heterocycles. The molecule has 0 spiro atoms. The Morgan fingerprint density at radius 3 is 2.73 bits per heavy atom. The lowest BCUT2D eigenvalue weighted by atomic mass is 10.4. The molecule has 4 heteroatoms. The zero-order chi connectivity index (χ0) is 8.10. The SMILES string of the molecule is CCCc1nnc(CNC)s1. The molecule has 0 bridgehead atoms. The van der Waals surface area contributed by atoms with Gasteiger partial charge in [-0.3, -0.25) is 0 Å². The monoisotopic (exact) mass is 171 g/mol. The molecule has 1 N–H and O–H groups in total. The second kappa shape index (κ2) is 4.41. The molecule has 0 fully saturated rings. The van der Waals surface area contributed by atoms with E-state index in [1.165, 1.54) is 0 Å². The third-order valence-electron chi connectivity index (χ3n) is 1.30. The topological polar surface area (TPSA) is 37.8 Å². The molecule has 62 valence electrons. The van der Waals surface area contributed by atoms with Crippen LogP contribution in [0.5, 0.6) is 0 Å². The molecule has 11 heavy (non-hydrogen) atoms. The summed E-state index contributed by atoms with van der Waals surface area (Å²) in [4.78, 5) is 0. The first kappa shape index (κ1) is 8.62. The standard InChI is InChI=1S/C7H13N3S/c1-3-4-6-9-10-7(11-6)5-8-2/h8H,3-5H2,1-2H3. The van der Waals surface area contributed by atoms with Crippen LogP contribution in [0, 0.1) is 0 Å². The molecule has 0 aliphatic heterocycles. The summed E-state index contributed by atoms with van der Waals surface area (Å²) in [6.07, 6.45) is 2.20. The van der Waals surface area contributed by atoms with E-state index in [-0.39, 0.29) is 0 Å². The largest absolute Gasteiger partial charge is 0.313 e. The highest BCUT2D eigenvalue weighted by Crippen LogP contribution is 2.10. The quantitative estimate of drug-likeness (QED) is 0.740. The number of nitrogens with zero attached hydrogens (tertiary/aromatic N) is 2. The highest BCUT2D eigenvalue weighted by molar-refractivity contribution is 7.11. The van der Waals surface area contributed by atoms with Gasteiger partial charge < -0.3 is 5.32 Å². The van der Waals surface area contributed by atoms with Crippen LogP contribution < -0.4 is 5.32 Å². The van der Waals surface area contributed by atoms with Gasteiger partial charge >= 0.3 is 0 Å². The van der Waals surface area contributed by atoms with Gasteiger partial charge in [0.15, 0.2) is 0 Å². The summed E-state index contributed by atoms with van der Waals surface area (Å²) in [7, 11) is 1.92. The molecular weight excluding hydrogens is 158 g/mol. The van der Waals surface area contributed by atoms with Crippen molar-refractivity contribution in [2.45, 2.75) is 26.3 Å². The Balaban J connectivity index is 2.51. The third kappa shape index (κ3) is 2.55. The first-order valence-corrected chi connectivity index (χ1v) is 4.64. The molecule has 1 aromatic rings. The predicted molar refractivity (Wildman–Crippen MR) is 46.7 cm³/mol. The fourth-order valence-corrected chi connectivity index (χ4v) is 1.78. The summed E-state index contributed by atoms with van der Waals surface area (Å²) in [5, 5.41) is 13.4. The lowest BCUT2D eigenvalue weighted by Crippen LogP contribution is -2.04. The molecule has 0 aromatic carbocycles. The van der Waals surface area contributed by atoms with Crippen LogP contribution in [-0.2, 0) is 13.0 Å². The van der Waals surface area contributed by atoms with Gasteiger partial charge in [0.25, 0.3) is 0 Å². The Morgan fingerprint density at radius 1 is 1.36 bits per heavy atom.